The first-order chi connectivity index (χ1) is 10.3. The smallest absolute Gasteiger partial charge is 0.125 e. The molecule has 3 rings (SSSR count). The number of nitrogens with zero attached hydrogens (tertiary/aromatic N) is 2. The number of hydrogen-bond donors (Lipinski definition) is 1. The maximum atomic E-state index is 10.1. The molecule has 0 unspecified atom stereocenters. The topological polar surface area (TPSA) is 45.0 Å². The van der Waals surface area contributed by atoms with Gasteiger partial charge >= 0.3 is 0 Å². The van der Waals surface area contributed by atoms with Crippen LogP contribution in [0.1, 0.15) is 0 Å². The van der Waals surface area contributed by atoms with Gasteiger partial charge in [-0.1, -0.05) is 54.6 Å². The van der Waals surface area contributed by atoms with Crippen molar-refractivity contribution in [2.24, 2.45) is 10.2 Å². The summed E-state index contributed by atoms with van der Waals surface area (Å²) in [6.45, 7) is 0. The molecule has 0 fully saturated rings. The Bertz CT molecular complexity index is 753. The fourth-order valence-electron chi connectivity index (χ4n) is 2.12. The minimum Gasteiger partial charge on any atom is -0.507 e. The van der Waals surface area contributed by atoms with Crippen molar-refractivity contribution >= 4 is 11.4 Å². The maximum absolute atomic E-state index is 10.1. The highest BCUT2D eigenvalue weighted by Crippen LogP contribution is 2.38. The zero-order valence-corrected chi connectivity index (χ0v) is 11.3. The SMILES string of the molecule is Oc1cccc(N=Nc2ccccc2)c1-c1ccccc1. The van der Waals surface area contributed by atoms with Gasteiger partial charge < -0.3 is 5.11 Å². The lowest BCUT2D eigenvalue weighted by atomic mass is 10.0. The van der Waals surface area contributed by atoms with Crippen LogP contribution in [0.15, 0.2) is 89.1 Å². The lowest BCUT2D eigenvalue weighted by Gasteiger charge is -2.07. The van der Waals surface area contributed by atoms with E-state index in [-0.39, 0.29) is 5.75 Å². The molecule has 102 valence electrons. The van der Waals surface area contributed by atoms with E-state index in [1.807, 2.05) is 66.7 Å². The lowest BCUT2D eigenvalue weighted by Crippen LogP contribution is -1.79. The molecule has 0 spiro atoms. The largest absolute Gasteiger partial charge is 0.507 e. The quantitative estimate of drug-likeness (QED) is 0.632. The van der Waals surface area contributed by atoms with Crippen molar-refractivity contribution in [2.45, 2.75) is 0 Å². The summed E-state index contributed by atoms with van der Waals surface area (Å²) in [6.07, 6.45) is 0. The average Bonchev–Trinajstić information content (AvgIpc) is 2.55. The van der Waals surface area contributed by atoms with E-state index in [0.717, 1.165) is 11.3 Å². The van der Waals surface area contributed by atoms with Crippen LogP contribution in [-0.2, 0) is 0 Å². The molecule has 3 nitrogen and oxygen atoms in total. The second kappa shape index (κ2) is 6.01. The van der Waals surface area contributed by atoms with Crippen LogP contribution >= 0.6 is 0 Å². The molecule has 21 heavy (non-hydrogen) atoms. The van der Waals surface area contributed by atoms with Crippen LogP contribution < -0.4 is 0 Å². The standard InChI is InChI=1S/C18H14N2O/c21-17-13-7-12-16(18(17)14-8-3-1-4-9-14)20-19-15-10-5-2-6-11-15/h1-13,21H. The summed E-state index contributed by atoms with van der Waals surface area (Å²) in [6, 6.07) is 24.5. The summed E-state index contributed by atoms with van der Waals surface area (Å²) in [5, 5.41) is 18.6. The Hall–Kier alpha value is -2.94. The van der Waals surface area contributed by atoms with Crippen LogP contribution in [0.5, 0.6) is 5.75 Å². The molecular weight excluding hydrogens is 260 g/mol. The molecule has 0 saturated carbocycles. The molecule has 0 amide bonds. The van der Waals surface area contributed by atoms with Gasteiger partial charge in [0.1, 0.15) is 5.75 Å². The first kappa shape index (κ1) is 13.1. The fraction of sp³-hybridized carbons (Fsp3) is 0. The van der Waals surface area contributed by atoms with Crippen molar-refractivity contribution in [1.82, 2.24) is 0 Å². The Kier molecular flexibility index (Phi) is 3.74. The predicted molar refractivity (Wildman–Crippen MR) is 84.2 cm³/mol. The number of aromatic hydroxyl groups is 1. The van der Waals surface area contributed by atoms with E-state index < -0.39 is 0 Å². The Morgan fingerprint density at radius 3 is 2.00 bits per heavy atom. The normalized spacial score (nSPS) is 10.9. The van der Waals surface area contributed by atoms with Crippen LogP contribution in [0, 0.1) is 0 Å². The zero-order chi connectivity index (χ0) is 14.5. The predicted octanol–water partition coefficient (Wildman–Crippen LogP) is 5.47. The summed E-state index contributed by atoms with van der Waals surface area (Å²) >= 11 is 0. The zero-order valence-electron chi connectivity index (χ0n) is 11.3. The van der Waals surface area contributed by atoms with Crippen LogP contribution in [0.3, 0.4) is 0 Å². The van der Waals surface area contributed by atoms with Gasteiger partial charge in [0.05, 0.1) is 16.9 Å². The summed E-state index contributed by atoms with van der Waals surface area (Å²) in [5.41, 5.74) is 3.03. The minimum atomic E-state index is 0.200. The van der Waals surface area contributed by atoms with Gasteiger partial charge in [0, 0.05) is 0 Å². The van der Waals surface area contributed by atoms with E-state index >= 15 is 0 Å². The molecule has 0 aromatic heterocycles. The van der Waals surface area contributed by atoms with Gasteiger partial charge in [-0.3, -0.25) is 0 Å². The Balaban J connectivity index is 2.04. The number of azo groups is 1. The van der Waals surface area contributed by atoms with Gasteiger partial charge in [-0.2, -0.15) is 5.11 Å². The monoisotopic (exact) mass is 274 g/mol. The van der Waals surface area contributed by atoms with Crippen molar-refractivity contribution in [1.29, 1.82) is 0 Å². The molecule has 0 atom stereocenters. The molecule has 3 aromatic rings. The van der Waals surface area contributed by atoms with E-state index in [0.29, 0.717) is 11.3 Å². The Morgan fingerprint density at radius 2 is 1.29 bits per heavy atom. The summed E-state index contributed by atoms with van der Waals surface area (Å²) in [5.74, 6) is 0.200. The van der Waals surface area contributed by atoms with Crippen LogP contribution in [0.4, 0.5) is 11.4 Å². The fourth-order valence-corrected chi connectivity index (χ4v) is 2.12. The molecule has 3 heteroatoms. The molecule has 0 saturated heterocycles. The number of hydrogen-bond acceptors (Lipinski definition) is 3. The highest BCUT2D eigenvalue weighted by Gasteiger charge is 2.09. The average molecular weight is 274 g/mol. The molecule has 0 aliphatic carbocycles. The molecule has 0 radical (unpaired) electrons. The Morgan fingerprint density at radius 1 is 0.619 bits per heavy atom. The highest BCUT2D eigenvalue weighted by atomic mass is 16.3. The Labute approximate surface area is 123 Å². The number of phenols is 1. The first-order valence-corrected chi connectivity index (χ1v) is 6.69. The van der Waals surface area contributed by atoms with Gasteiger partial charge in [0.25, 0.3) is 0 Å². The first-order valence-electron chi connectivity index (χ1n) is 6.69. The summed E-state index contributed by atoms with van der Waals surface area (Å²) < 4.78 is 0. The van der Waals surface area contributed by atoms with Crippen LogP contribution in [0.2, 0.25) is 0 Å². The number of phenolic OH excluding ortho intramolecular Hbond substituents is 1. The maximum Gasteiger partial charge on any atom is 0.125 e. The number of benzene rings is 3. The van der Waals surface area contributed by atoms with Gasteiger partial charge in [0.15, 0.2) is 0 Å². The molecule has 0 aliphatic rings. The molecule has 0 aliphatic heterocycles. The van der Waals surface area contributed by atoms with E-state index in [1.54, 1.807) is 12.1 Å². The van der Waals surface area contributed by atoms with E-state index in [9.17, 15) is 5.11 Å². The second-order valence-electron chi connectivity index (χ2n) is 4.57. The van der Waals surface area contributed by atoms with Crippen LogP contribution in [0.25, 0.3) is 11.1 Å². The third kappa shape index (κ3) is 2.98. The van der Waals surface area contributed by atoms with Crippen molar-refractivity contribution in [3.63, 3.8) is 0 Å². The van der Waals surface area contributed by atoms with Crippen molar-refractivity contribution < 1.29 is 5.11 Å². The number of rotatable bonds is 3. The van der Waals surface area contributed by atoms with Crippen molar-refractivity contribution in [3.8, 4) is 16.9 Å². The molecule has 1 N–H and O–H groups in total. The summed E-state index contributed by atoms with van der Waals surface area (Å²) in [4.78, 5) is 0. The van der Waals surface area contributed by atoms with Gasteiger partial charge in [-0.05, 0) is 29.8 Å². The van der Waals surface area contributed by atoms with Crippen LogP contribution in [-0.4, -0.2) is 5.11 Å². The van der Waals surface area contributed by atoms with E-state index in [4.69, 9.17) is 0 Å². The molecule has 0 heterocycles. The van der Waals surface area contributed by atoms with E-state index in [2.05, 4.69) is 10.2 Å². The van der Waals surface area contributed by atoms with E-state index in [1.165, 1.54) is 0 Å². The lowest BCUT2D eigenvalue weighted by molar-refractivity contribution is 0.477. The molecular formula is C18H14N2O. The molecule has 0 bridgehead atoms. The van der Waals surface area contributed by atoms with Gasteiger partial charge in [0.2, 0.25) is 0 Å². The van der Waals surface area contributed by atoms with Gasteiger partial charge in [-0.15, -0.1) is 5.11 Å². The minimum absolute atomic E-state index is 0.200. The van der Waals surface area contributed by atoms with Crippen molar-refractivity contribution in [3.05, 3.63) is 78.9 Å². The summed E-state index contributed by atoms with van der Waals surface area (Å²) in [7, 11) is 0. The third-order valence-corrected chi connectivity index (χ3v) is 3.11. The molecule has 3 aromatic carbocycles. The highest BCUT2D eigenvalue weighted by molar-refractivity contribution is 5.81. The second-order valence-corrected chi connectivity index (χ2v) is 4.57. The third-order valence-electron chi connectivity index (χ3n) is 3.11. The van der Waals surface area contributed by atoms with Gasteiger partial charge in [-0.25, -0.2) is 0 Å². The van der Waals surface area contributed by atoms with Crippen molar-refractivity contribution in [2.75, 3.05) is 0 Å².